The zero-order valence-electron chi connectivity index (χ0n) is 14.2. The van der Waals surface area contributed by atoms with Crippen LogP contribution in [0.4, 0.5) is 0 Å². The fraction of sp³-hybridized carbons (Fsp3) is 0.444. The highest BCUT2D eigenvalue weighted by molar-refractivity contribution is 7.88. The van der Waals surface area contributed by atoms with Gasteiger partial charge < -0.3 is 0 Å². The van der Waals surface area contributed by atoms with Gasteiger partial charge in [-0.15, -0.1) is 11.3 Å². The number of thiophene rings is 1. The minimum atomic E-state index is -3.24. The molecule has 0 N–H and O–H groups in total. The van der Waals surface area contributed by atoms with E-state index in [2.05, 4.69) is 26.0 Å². The maximum atomic E-state index is 12.1. The second-order valence-corrected chi connectivity index (χ2v) is 9.81. The first-order chi connectivity index (χ1) is 10.7. The highest BCUT2D eigenvalue weighted by Gasteiger charge is 2.18. The topological polar surface area (TPSA) is 37.4 Å². The summed E-state index contributed by atoms with van der Waals surface area (Å²) in [4.78, 5) is 2.27. The summed E-state index contributed by atoms with van der Waals surface area (Å²) in [5, 5.41) is 0. The van der Waals surface area contributed by atoms with E-state index >= 15 is 0 Å². The van der Waals surface area contributed by atoms with E-state index in [4.69, 9.17) is 0 Å². The minimum Gasteiger partial charge on any atom is -0.212 e. The van der Waals surface area contributed by atoms with E-state index in [9.17, 15) is 8.42 Å². The highest BCUT2D eigenvalue weighted by atomic mass is 32.2. The number of hydrogen-bond acceptors (Lipinski definition) is 3. The fourth-order valence-electron chi connectivity index (χ4n) is 2.49. The normalized spacial score (nSPS) is 12.3. The summed E-state index contributed by atoms with van der Waals surface area (Å²) < 4.78 is 25.7. The van der Waals surface area contributed by atoms with Crippen LogP contribution in [0.5, 0.6) is 0 Å². The molecule has 0 aliphatic heterocycles. The van der Waals surface area contributed by atoms with Crippen LogP contribution in [0.25, 0.3) is 0 Å². The van der Waals surface area contributed by atoms with E-state index in [1.807, 2.05) is 31.2 Å². The molecule has 0 atom stereocenters. The Kier molecular flexibility index (Phi) is 6.00. The lowest BCUT2D eigenvalue weighted by Crippen LogP contribution is -2.28. The van der Waals surface area contributed by atoms with Crippen molar-refractivity contribution in [3.05, 3.63) is 57.3 Å². The molecule has 23 heavy (non-hydrogen) atoms. The standard InChI is InChI=1S/C18H25NO2S2/c1-14(2)11-16-6-8-17(9-7-16)12-19(23(4,20)21)13-18-10-5-15(3)22-18/h5-10,14H,11-13H2,1-4H3. The van der Waals surface area contributed by atoms with Crippen molar-refractivity contribution in [3.8, 4) is 0 Å². The van der Waals surface area contributed by atoms with Gasteiger partial charge in [0.1, 0.15) is 0 Å². The van der Waals surface area contributed by atoms with Gasteiger partial charge in [0.2, 0.25) is 10.0 Å². The number of hydrogen-bond donors (Lipinski definition) is 0. The average molecular weight is 352 g/mol. The Morgan fingerprint density at radius 2 is 1.61 bits per heavy atom. The van der Waals surface area contributed by atoms with E-state index in [0.29, 0.717) is 19.0 Å². The lowest BCUT2D eigenvalue weighted by atomic mass is 10.0. The molecule has 2 rings (SSSR count). The Hall–Kier alpha value is -1.17. The van der Waals surface area contributed by atoms with Crippen LogP contribution in [0.15, 0.2) is 36.4 Å². The number of aryl methyl sites for hydroxylation is 1. The maximum absolute atomic E-state index is 12.1. The predicted octanol–water partition coefficient (Wildman–Crippen LogP) is 4.22. The molecule has 0 unspecified atom stereocenters. The van der Waals surface area contributed by atoms with Crippen molar-refractivity contribution in [2.75, 3.05) is 6.26 Å². The van der Waals surface area contributed by atoms with Crippen molar-refractivity contribution >= 4 is 21.4 Å². The summed E-state index contributed by atoms with van der Waals surface area (Å²) in [5.74, 6) is 0.621. The first-order valence-corrected chi connectivity index (χ1v) is 10.5. The molecule has 1 aromatic carbocycles. The Bertz CT molecular complexity index is 731. The van der Waals surface area contributed by atoms with E-state index in [1.165, 1.54) is 21.0 Å². The van der Waals surface area contributed by atoms with Crippen molar-refractivity contribution in [3.63, 3.8) is 0 Å². The Morgan fingerprint density at radius 1 is 1.00 bits per heavy atom. The van der Waals surface area contributed by atoms with Crippen LogP contribution in [-0.2, 0) is 29.5 Å². The predicted molar refractivity (Wildman–Crippen MR) is 98.1 cm³/mol. The van der Waals surface area contributed by atoms with E-state index in [0.717, 1.165) is 16.9 Å². The molecule has 0 saturated heterocycles. The lowest BCUT2D eigenvalue weighted by Gasteiger charge is -2.19. The van der Waals surface area contributed by atoms with Crippen LogP contribution in [0.1, 0.15) is 34.7 Å². The Balaban J connectivity index is 2.11. The quantitative estimate of drug-likeness (QED) is 0.749. The van der Waals surface area contributed by atoms with Crippen LogP contribution in [-0.4, -0.2) is 19.0 Å². The summed E-state index contributed by atoms with van der Waals surface area (Å²) >= 11 is 1.65. The Morgan fingerprint density at radius 3 is 2.09 bits per heavy atom. The fourth-order valence-corrected chi connectivity index (χ4v) is 4.24. The number of rotatable bonds is 7. The average Bonchev–Trinajstić information content (AvgIpc) is 2.84. The summed E-state index contributed by atoms with van der Waals surface area (Å²) in [6.07, 6.45) is 2.32. The zero-order valence-corrected chi connectivity index (χ0v) is 15.9. The molecule has 0 aliphatic rings. The Labute approximate surface area is 144 Å². The second kappa shape index (κ2) is 7.60. The second-order valence-electron chi connectivity index (χ2n) is 6.46. The van der Waals surface area contributed by atoms with Gasteiger partial charge in [0.25, 0.3) is 0 Å². The SMILES string of the molecule is Cc1ccc(CN(Cc2ccc(CC(C)C)cc2)S(C)(=O)=O)s1. The van der Waals surface area contributed by atoms with Gasteiger partial charge >= 0.3 is 0 Å². The molecule has 0 radical (unpaired) electrons. The van der Waals surface area contributed by atoms with Gasteiger partial charge in [0.15, 0.2) is 0 Å². The molecule has 126 valence electrons. The van der Waals surface area contributed by atoms with E-state index in [1.54, 1.807) is 11.3 Å². The van der Waals surface area contributed by atoms with Gasteiger partial charge in [-0.2, -0.15) is 4.31 Å². The van der Waals surface area contributed by atoms with Gasteiger partial charge in [-0.25, -0.2) is 8.42 Å². The van der Waals surface area contributed by atoms with Crippen LogP contribution in [0.3, 0.4) is 0 Å². The molecule has 0 amide bonds. The molecule has 0 spiro atoms. The first-order valence-electron chi connectivity index (χ1n) is 7.82. The molecule has 0 saturated carbocycles. The van der Waals surface area contributed by atoms with Crippen LogP contribution in [0.2, 0.25) is 0 Å². The third-order valence-electron chi connectivity index (χ3n) is 3.62. The molecule has 5 heteroatoms. The van der Waals surface area contributed by atoms with E-state index < -0.39 is 10.0 Å². The molecular formula is C18H25NO2S2. The molecule has 1 heterocycles. The minimum absolute atomic E-state index is 0.414. The van der Waals surface area contributed by atoms with E-state index in [-0.39, 0.29) is 0 Å². The van der Waals surface area contributed by atoms with Crippen LogP contribution >= 0.6 is 11.3 Å². The number of sulfonamides is 1. The van der Waals surface area contributed by atoms with Gasteiger partial charge in [-0.1, -0.05) is 38.1 Å². The van der Waals surface area contributed by atoms with Gasteiger partial charge in [-0.3, -0.25) is 0 Å². The number of benzene rings is 1. The highest BCUT2D eigenvalue weighted by Crippen LogP contribution is 2.20. The molecular weight excluding hydrogens is 326 g/mol. The molecule has 0 aliphatic carbocycles. The summed E-state index contributed by atoms with van der Waals surface area (Å²) in [7, 11) is -3.24. The van der Waals surface area contributed by atoms with Crippen molar-refractivity contribution in [2.24, 2.45) is 5.92 Å². The monoisotopic (exact) mass is 351 g/mol. The van der Waals surface area contributed by atoms with Crippen molar-refractivity contribution in [1.29, 1.82) is 0 Å². The third kappa shape index (κ3) is 5.75. The lowest BCUT2D eigenvalue weighted by molar-refractivity contribution is 0.408. The summed E-state index contributed by atoms with van der Waals surface area (Å²) in [6, 6.07) is 12.3. The molecule has 0 bridgehead atoms. The first kappa shape index (κ1) is 18.2. The van der Waals surface area contributed by atoms with Gasteiger partial charge in [-0.05, 0) is 42.5 Å². The van der Waals surface area contributed by atoms with Gasteiger partial charge in [0.05, 0.1) is 6.26 Å². The maximum Gasteiger partial charge on any atom is 0.211 e. The molecule has 0 fully saturated rings. The smallest absolute Gasteiger partial charge is 0.211 e. The van der Waals surface area contributed by atoms with Crippen molar-refractivity contribution < 1.29 is 8.42 Å². The number of nitrogens with zero attached hydrogens (tertiary/aromatic N) is 1. The zero-order chi connectivity index (χ0) is 17.0. The van der Waals surface area contributed by atoms with Crippen LogP contribution < -0.4 is 0 Å². The third-order valence-corrected chi connectivity index (χ3v) is 5.80. The largest absolute Gasteiger partial charge is 0.212 e. The van der Waals surface area contributed by atoms with Crippen LogP contribution in [0, 0.1) is 12.8 Å². The van der Waals surface area contributed by atoms with Crippen molar-refractivity contribution in [2.45, 2.75) is 40.3 Å². The van der Waals surface area contributed by atoms with Gasteiger partial charge in [0, 0.05) is 22.8 Å². The molecule has 2 aromatic rings. The van der Waals surface area contributed by atoms with Crippen molar-refractivity contribution in [1.82, 2.24) is 4.31 Å². The molecule has 1 aromatic heterocycles. The summed E-state index contributed by atoms with van der Waals surface area (Å²) in [6.45, 7) is 7.28. The molecule has 3 nitrogen and oxygen atoms in total. The summed E-state index contributed by atoms with van der Waals surface area (Å²) in [5.41, 5.74) is 2.32.